The number of unbranched alkanes of at least 4 members (excludes halogenated alkanes) is 1. The lowest BCUT2D eigenvalue weighted by Crippen LogP contribution is -2.65. The minimum absolute atomic E-state index is 0.166. The topological polar surface area (TPSA) is 657 Å². The monoisotopic (exact) mass is 1990 g/mol. The molecule has 8 heterocycles. The van der Waals surface area contributed by atoms with E-state index in [0.717, 1.165) is 95.4 Å². The van der Waals surface area contributed by atoms with Gasteiger partial charge in [-0.25, -0.2) is 9.59 Å². The van der Waals surface area contributed by atoms with Gasteiger partial charge in [0.05, 0.1) is 47.5 Å². The van der Waals surface area contributed by atoms with Crippen molar-refractivity contribution < 1.29 is 146 Å². The summed E-state index contributed by atoms with van der Waals surface area (Å²) < 4.78 is 63.4. The Balaban J connectivity index is 0.990. The summed E-state index contributed by atoms with van der Waals surface area (Å²) >= 11 is 20.9. The van der Waals surface area contributed by atoms with Gasteiger partial charge in [-0.15, -0.1) is 0 Å². The lowest BCUT2D eigenvalue weighted by Gasteiger charge is -2.48. The molecule has 3 fully saturated rings. The van der Waals surface area contributed by atoms with Crippen molar-refractivity contribution in [3.63, 3.8) is 0 Å². The van der Waals surface area contributed by atoms with Crippen LogP contribution in [-0.4, -0.2) is 251 Å². The summed E-state index contributed by atoms with van der Waals surface area (Å²) in [6.07, 6.45) is -24.3. The van der Waals surface area contributed by atoms with E-state index in [0.29, 0.717) is 24.4 Å². The minimum Gasteiger partial charge on any atom is -0.508 e. The normalized spacial score (nSPS) is 28.1. The number of carboxylic acids is 1. The number of carbonyl (C=O) groups excluding carboxylic acids is 9. The summed E-state index contributed by atoms with van der Waals surface area (Å²) in [6, 6.07) is 11.5. The number of benzene rings is 7. The number of aliphatic carboxylic acids is 1. The number of halogens is 3. The fourth-order valence-electron chi connectivity index (χ4n) is 17.3. The molecule has 748 valence electrons. The Bertz CT molecular complexity index is 5740. The van der Waals surface area contributed by atoms with Crippen LogP contribution in [-0.2, 0) is 82.9 Å². The Kier molecular flexibility index (Phi) is 33.3. The number of nitrogens with two attached hydrogens (primary N) is 4. The smallest absolute Gasteiger partial charge is 0.413 e. The number of amides is 8. The number of primary amides is 1. The average Bonchev–Trinajstić information content (AvgIpc) is 0.761. The lowest BCUT2D eigenvalue weighted by molar-refractivity contribution is -0.334. The average molecular weight is 2000 g/mol. The van der Waals surface area contributed by atoms with Gasteiger partial charge in [-0.1, -0.05) is 110 Å². The highest BCUT2D eigenvalue weighted by Gasteiger charge is 2.54. The van der Waals surface area contributed by atoms with Crippen LogP contribution in [0.1, 0.15) is 150 Å². The van der Waals surface area contributed by atoms with Gasteiger partial charge >= 0.3 is 18.0 Å². The number of hydrogen-bond acceptors (Lipinski definition) is 33. The van der Waals surface area contributed by atoms with Crippen molar-refractivity contribution in [1.29, 1.82) is 0 Å². The third kappa shape index (κ3) is 24.1. The van der Waals surface area contributed by atoms with Crippen LogP contribution in [0.15, 0.2) is 127 Å². The van der Waals surface area contributed by atoms with Crippen molar-refractivity contribution in [2.45, 2.75) is 232 Å². The number of nitrogens with zero attached hydrogens (tertiary/aromatic N) is 1. The number of nitrogens with one attached hydrogen (secondary N) is 7. The second-order valence-electron chi connectivity index (χ2n) is 35.9. The molecule has 23 atom stereocenters. The zero-order chi connectivity index (χ0) is 101. The van der Waals surface area contributed by atoms with E-state index in [1.807, 2.05) is 36.4 Å². The predicted molar refractivity (Wildman–Crippen MR) is 492 cm³/mol. The van der Waals surface area contributed by atoms with Gasteiger partial charge in [0.2, 0.25) is 60.2 Å². The molecule has 7 aromatic rings. The van der Waals surface area contributed by atoms with Crippen LogP contribution in [0.2, 0.25) is 15.1 Å². The molecule has 7 aromatic carbocycles. The van der Waals surface area contributed by atoms with Gasteiger partial charge in [0.15, 0.2) is 36.2 Å². The van der Waals surface area contributed by atoms with Gasteiger partial charge in [-0.2, -0.15) is 0 Å². The first-order valence-corrected chi connectivity index (χ1v) is 45.7. The highest BCUT2D eigenvalue weighted by Crippen LogP contribution is 2.51. The lowest BCUT2D eigenvalue weighted by atomic mass is 9.84. The zero-order valence-corrected chi connectivity index (χ0v) is 78.4. The largest absolute Gasteiger partial charge is 0.508 e. The third-order valence-electron chi connectivity index (χ3n) is 25.0. The van der Waals surface area contributed by atoms with Crippen LogP contribution < -0.4 is 74.4 Å². The molecule has 3 saturated heterocycles. The van der Waals surface area contributed by atoms with Crippen molar-refractivity contribution in [1.82, 2.24) is 42.1 Å². The highest BCUT2D eigenvalue weighted by molar-refractivity contribution is 6.32. The number of likely N-dealkylation sites (N-methyl/N-ethyl adjacent to an activating group) is 1. The summed E-state index contributed by atoms with van der Waals surface area (Å²) in [6.45, 7) is 7.96. The number of phenolic OH excluding ortho intramolecular Hbond substituents is 3. The van der Waals surface area contributed by atoms with Crippen LogP contribution in [0.5, 0.6) is 46.0 Å². The van der Waals surface area contributed by atoms with Gasteiger partial charge in [0.25, 0.3) is 0 Å². The van der Waals surface area contributed by atoms with Crippen LogP contribution in [0.3, 0.4) is 0 Å². The summed E-state index contributed by atoms with van der Waals surface area (Å²) in [4.78, 5) is 150. The van der Waals surface area contributed by atoms with Crippen molar-refractivity contribution in [2.75, 3.05) is 27.0 Å². The van der Waals surface area contributed by atoms with Gasteiger partial charge in [0.1, 0.15) is 102 Å². The number of aliphatic hydroxyl groups is 6. The van der Waals surface area contributed by atoms with E-state index in [2.05, 4.69) is 37.2 Å². The fourth-order valence-corrected chi connectivity index (χ4v) is 17.9. The van der Waals surface area contributed by atoms with E-state index in [1.54, 1.807) is 39.8 Å². The molecule has 8 aliphatic heterocycles. The van der Waals surface area contributed by atoms with Crippen LogP contribution in [0.25, 0.3) is 22.3 Å². The van der Waals surface area contributed by atoms with Crippen LogP contribution >= 0.6 is 34.8 Å². The molecule has 0 aromatic heterocycles. The van der Waals surface area contributed by atoms with Crippen LogP contribution in [0.4, 0.5) is 4.79 Å². The van der Waals surface area contributed by atoms with E-state index in [9.17, 15) is 70.2 Å². The molecule has 8 aliphatic rings. The van der Waals surface area contributed by atoms with Crippen molar-refractivity contribution in [3.8, 4) is 68.2 Å². The summed E-state index contributed by atoms with van der Waals surface area (Å²) in [5.74, 6) is -18.7. The molecule has 15 rings (SSSR count). The minimum atomic E-state index is -2.49. The first-order chi connectivity index (χ1) is 65.8. The first kappa shape index (κ1) is 104. The maximum atomic E-state index is 16.7. The van der Waals surface area contributed by atoms with Gasteiger partial charge in [0, 0.05) is 65.3 Å². The SMILES string of the molecule is CC(C)C[C@H](C(=O)N[C@H]1C(=O)N[C@@H](CC(N)=O)C(=O)N[C@H]2C(=O)N[C@H]3C(=O)N[C@H](C(=O)N[C@H](C(=O)O)c4cc(O)cc(O)c4-c4cc3ccc4O)[C@H](O[C@H]3C[C@](C)(N)[C@@H](O)[C@H](C)O3)c3ccc(c(Cl)c3)Oc3cc2cc(c3O[C@@H]2O[C@H](CO)[C@@H](O)[C@H](O)[C@H]2O[C@H]2C[C@](C)(NCc3ccc(-c4ccc(Cl)cc4)cc3)[C@@H](O)[C@H](C)O2)Oc2ccc(cc2Cl)[C@H]1O)N(C)C(=O)OCOC(=O)[C@@H](N)CCCCN. The standard InChI is InChI=1S/C94H111Cl3N12O30/c1-40(2)26-58(109(7)92(129)131-39-130-90(128)56(99)10-8-9-25-98)84(121)107-73-75(115)47-18-23-61(54(96)28-47)134-63-30-49-31-64(79(63)139-91-80(77(117)76(116)65(38-110)136-91)138-68-36-94(6,82(119)42(4)133-68)102-37-43-11-13-44(14-12-43)45-15-20-50(95)21-16-45)135-62-24-19-48(29-55(62)97)78(137-67-35-93(5,101)81(118)41(3)132-67)74-88(125)106-72(89(126)127)53-32-51(111)33-60(113)69(53)52-27-46(17-22-59(52)112)70(85(122)108-74)105-86(123)71(49)104-83(120)57(34-66(100)114)103-87(73)124/h11-24,27-33,40-42,56-58,65,67-68,70-78,80-82,91,102,110-113,115-119H,8-10,25-26,34-39,98-99,101H2,1-7H3,(H2,100,114)(H,103,124)(H,104,120)(H,105,123)(H,106,125)(H,107,121)(H,108,122)(H,126,127)/t41-,42-,56-,57-,58+,65+,67-,68-,70+,71+,72-,73+,74-,75+,76+,77-,78+,80+,81-,82-,91-,93-,94-/m0/s1. The molecule has 0 aliphatic carbocycles. The van der Waals surface area contributed by atoms with E-state index in [1.165, 1.54) is 26.0 Å². The molecular formula is C94H111Cl3N12O30. The Morgan fingerprint density at radius 1 is 0.647 bits per heavy atom. The molecule has 0 spiro atoms. The van der Waals surface area contributed by atoms with Gasteiger partial charge < -0.3 is 159 Å². The van der Waals surface area contributed by atoms with E-state index >= 15 is 28.8 Å². The number of aliphatic hydroxyl groups excluding tert-OH is 6. The van der Waals surface area contributed by atoms with Gasteiger partial charge in [-0.3, -0.25) is 43.3 Å². The van der Waals surface area contributed by atoms with E-state index in [4.69, 9.17) is 105 Å². The summed E-state index contributed by atoms with van der Waals surface area (Å²) in [5.41, 5.74) is 20.7. The number of carboxylic acid groups (broad SMARTS) is 1. The Morgan fingerprint density at radius 3 is 1.87 bits per heavy atom. The van der Waals surface area contributed by atoms with E-state index in [-0.39, 0.29) is 43.4 Å². The van der Waals surface area contributed by atoms with Crippen molar-refractivity contribution in [2.24, 2.45) is 28.9 Å². The summed E-state index contributed by atoms with van der Waals surface area (Å²) in [5, 5.41) is 136. The highest BCUT2D eigenvalue weighted by atomic mass is 35.5. The molecule has 0 radical (unpaired) electrons. The molecule has 42 nitrogen and oxygen atoms in total. The Morgan fingerprint density at radius 2 is 1.25 bits per heavy atom. The molecule has 45 heteroatoms. The van der Waals surface area contributed by atoms with Crippen molar-refractivity contribution >= 4 is 94.2 Å². The molecule has 0 unspecified atom stereocenters. The van der Waals surface area contributed by atoms with Crippen molar-refractivity contribution in [3.05, 3.63) is 176 Å². The number of aromatic hydroxyl groups is 3. The maximum Gasteiger partial charge on any atom is 0.413 e. The number of fused-ring (bicyclic) bond motifs is 15. The maximum absolute atomic E-state index is 16.7. The molecule has 0 saturated carbocycles. The quantitative estimate of drug-likeness (QED) is 0.0204. The number of esters is 1. The molecule has 25 N–H and O–H groups in total. The van der Waals surface area contributed by atoms with Crippen LogP contribution in [0, 0.1) is 5.92 Å². The number of ether oxygens (including phenoxy) is 10. The second-order valence-corrected chi connectivity index (χ2v) is 37.1. The first-order valence-electron chi connectivity index (χ1n) is 44.5. The van der Waals surface area contributed by atoms with Gasteiger partial charge in [-0.05, 0) is 165 Å². The third-order valence-corrected chi connectivity index (χ3v) is 25.8. The number of carbonyl (C=O) groups is 10. The predicted octanol–water partition coefficient (Wildman–Crippen LogP) is 4.30. The molecule has 139 heavy (non-hydrogen) atoms. The fraction of sp³-hybridized carbons (Fsp3) is 0.447. The molecule has 11 bridgehead atoms. The second kappa shape index (κ2) is 44.3. The Hall–Kier alpha value is -11.9. The molecule has 8 amide bonds. The summed E-state index contributed by atoms with van der Waals surface area (Å²) in [7, 11) is 1.13. The molecular weight excluding hydrogens is 1880 g/mol. The zero-order valence-electron chi connectivity index (χ0n) is 76.1. The number of phenols is 3. The van der Waals surface area contributed by atoms with E-state index < -0.39 is 308 Å². The number of hydrogen-bond donors (Lipinski definition) is 21. The number of rotatable bonds is 26. The Labute approximate surface area is 810 Å².